The van der Waals surface area contributed by atoms with Crippen molar-refractivity contribution in [2.45, 2.75) is 0 Å². The maximum absolute atomic E-state index is 11.9. The van der Waals surface area contributed by atoms with Crippen LogP contribution in [0.15, 0.2) is 42.5 Å². The third-order valence-electron chi connectivity index (χ3n) is 5.01. The van der Waals surface area contributed by atoms with Crippen LogP contribution >= 0.6 is 0 Å². The molecule has 144 valence electrons. The van der Waals surface area contributed by atoms with Crippen molar-refractivity contribution < 1.29 is 19.0 Å². The minimum Gasteiger partial charge on any atom is -0.497 e. The summed E-state index contributed by atoms with van der Waals surface area (Å²) in [5.74, 6) is 1.38. The minimum atomic E-state index is 0.597. The van der Waals surface area contributed by atoms with Gasteiger partial charge in [0, 0.05) is 35.3 Å². The van der Waals surface area contributed by atoms with Crippen LogP contribution in [0.25, 0.3) is 22.2 Å². The lowest BCUT2D eigenvalue weighted by Gasteiger charge is -2.29. The van der Waals surface area contributed by atoms with E-state index in [1.807, 2.05) is 36.4 Å². The molecule has 3 aromatic rings. The van der Waals surface area contributed by atoms with Crippen molar-refractivity contribution in [3.63, 3.8) is 0 Å². The number of nitrogens with zero attached hydrogens (tertiary/aromatic N) is 2. The van der Waals surface area contributed by atoms with Crippen molar-refractivity contribution in [2.24, 2.45) is 0 Å². The molecule has 0 aliphatic carbocycles. The molecule has 1 aromatic heterocycles. The summed E-state index contributed by atoms with van der Waals surface area (Å²) >= 11 is 0. The molecule has 2 aromatic carbocycles. The second-order valence-electron chi connectivity index (χ2n) is 6.58. The number of anilines is 1. The number of aldehydes is 1. The standard InChI is InChI=1S/C22H22N2O4/c1-26-17-4-6-22(27-2)19(13-17)21-11-15(14-25)18-12-16(3-5-20(18)23-21)24-7-9-28-10-8-24/h3-6,11-14H,7-10H2,1-2H3. The first-order valence-electron chi connectivity index (χ1n) is 9.18. The second-order valence-corrected chi connectivity index (χ2v) is 6.58. The average molecular weight is 378 g/mol. The van der Waals surface area contributed by atoms with Crippen LogP contribution < -0.4 is 14.4 Å². The predicted molar refractivity (Wildman–Crippen MR) is 109 cm³/mol. The number of aromatic nitrogens is 1. The largest absolute Gasteiger partial charge is 0.497 e. The van der Waals surface area contributed by atoms with Gasteiger partial charge in [-0.1, -0.05) is 0 Å². The molecular weight excluding hydrogens is 356 g/mol. The number of methoxy groups -OCH3 is 2. The highest BCUT2D eigenvalue weighted by molar-refractivity contribution is 5.99. The molecule has 0 unspecified atom stereocenters. The zero-order valence-corrected chi connectivity index (χ0v) is 16.0. The molecule has 0 spiro atoms. The Labute approximate surface area is 163 Å². The maximum Gasteiger partial charge on any atom is 0.150 e. The van der Waals surface area contributed by atoms with Gasteiger partial charge in [-0.3, -0.25) is 4.79 Å². The molecule has 1 fully saturated rings. The Hall–Kier alpha value is -3.12. The smallest absolute Gasteiger partial charge is 0.150 e. The van der Waals surface area contributed by atoms with Gasteiger partial charge in [-0.15, -0.1) is 0 Å². The molecule has 0 bridgehead atoms. The van der Waals surface area contributed by atoms with E-state index in [1.54, 1.807) is 20.3 Å². The first-order valence-corrected chi connectivity index (χ1v) is 9.18. The molecule has 2 heterocycles. The van der Waals surface area contributed by atoms with E-state index in [4.69, 9.17) is 19.2 Å². The van der Waals surface area contributed by atoms with Gasteiger partial charge in [-0.25, -0.2) is 4.98 Å². The molecule has 6 nitrogen and oxygen atoms in total. The SMILES string of the molecule is COc1ccc(OC)c(-c2cc(C=O)c3cc(N4CCOCC4)ccc3n2)c1. The molecule has 1 saturated heterocycles. The van der Waals surface area contributed by atoms with Gasteiger partial charge in [0.2, 0.25) is 0 Å². The zero-order chi connectivity index (χ0) is 19.5. The van der Waals surface area contributed by atoms with Crippen LogP contribution in [0.2, 0.25) is 0 Å². The minimum absolute atomic E-state index is 0.597. The molecule has 6 heteroatoms. The van der Waals surface area contributed by atoms with E-state index in [9.17, 15) is 4.79 Å². The van der Waals surface area contributed by atoms with E-state index in [0.717, 1.165) is 41.5 Å². The van der Waals surface area contributed by atoms with Gasteiger partial charge >= 0.3 is 0 Å². The highest BCUT2D eigenvalue weighted by Gasteiger charge is 2.15. The molecule has 0 atom stereocenters. The van der Waals surface area contributed by atoms with Crippen molar-refractivity contribution in [2.75, 3.05) is 45.4 Å². The summed E-state index contributed by atoms with van der Waals surface area (Å²) in [4.78, 5) is 18.9. The summed E-state index contributed by atoms with van der Waals surface area (Å²) in [6.45, 7) is 3.11. The van der Waals surface area contributed by atoms with Crippen LogP contribution in [0.5, 0.6) is 11.5 Å². The third kappa shape index (κ3) is 3.39. The molecule has 4 rings (SSSR count). The Morgan fingerprint density at radius 2 is 1.86 bits per heavy atom. The Balaban J connectivity index is 1.83. The summed E-state index contributed by atoms with van der Waals surface area (Å²) in [5.41, 5.74) is 3.89. The van der Waals surface area contributed by atoms with Crippen LogP contribution in [0.1, 0.15) is 10.4 Å². The Morgan fingerprint density at radius 3 is 2.57 bits per heavy atom. The summed E-state index contributed by atoms with van der Waals surface area (Å²) in [6, 6.07) is 13.4. The van der Waals surface area contributed by atoms with Crippen LogP contribution in [0, 0.1) is 0 Å². The maximum atomic E-state index is 11.9. The lowest BCUT2D eigenvalue weighted by atomic mass is 10.0. The lowest BCUT2D eigenvalue weighted by Crippen LogP contribution is -2.36. The number of carbonyl (C=O) groups is 1. The molecule has 0 saturated carbocycles. The monoisotopic (exact) mass is 378 g/mol. The van der Waals surface area contributed by atoms with Gasteiger partial charge in [-0.05, 0) is 42.5 Å². The number of pyridine rings is 1. The number of fused-ring (bicyclic) bond motifs is 1. The van der Waals surface area contributed by atoms with Crippen LogP contribution in [-0.2, 0) is 4.74 Å². The van der Waals surface area contributed by atoms with Gasteiger partial charge in [-0.2, -0.15) is 0 Å². The number of carbonyl (C=O) groups excluding carboxylic acids is 1. The van der Waals surface area contributed by atoms with Gasteiger partial charge in [0.1, 0.15) is 11.5 Å². The molecule has 1 aliphatic rings. The molecule has 0 N–H and O–H groups in total. The molecular formula is C22H22N2O4. The fourth-order valence-corrected chi connectivity index (χ4v) is 3.51. The van der Waals surface area contributed by atoms with Crippen molar-refractivity contribution in [1.29, 1.82) is 0 Å². The highest BCUT2D eigenvalue weighted by atomic mass is 16.5. The van der Waals surface area contributed by atoms with Gasteiger partial charge in [0.15, 0.2) is 6.29 Å². The van der Waals surface area contributed by atoms with Crippen molar-refractivity contribution in [1.82, 2.24) is 4.98 Å². The Kier molecular flexibility index (Phi) is 5.12. The van der Waals surface area contributed by atoms with Crippen LogP contribution in [-0.4, -0.2) is 51.8 Å². The van der Waals surface area contributed by atoms with Crippen molar-refractivity contribution >= 4 is 22.9 Å². The van der Waals surface area contributed by atoms with Crippen LogP contribution in [0.3, 0.4) is 0 Å². The van der Waals surface area contributed by atoms with E-state index in [-0.39, 0.29) is 0 Å². The molecule has 0 amide bonds. The topological polar surface area (TPSA) is 60.9 Å². The van der Waals surface area contributed by atoms with Crippen LogP contribution in [0.4, 0.5) is 5.69 Å². The fourth-order valence-electron chi connectivity index (χ4n) is 3.51. The van der Waals surface area contributed by atoms with Gasteiger partial charge in [0.25, 0.3) is 0 Å². The highest BCUT2D eigenvalue weighted by Crippen LogP contribution is 2.35. The number of ether oxygens (including phenoxy) is 3. The lowest BCUT2D eigenvalue weighted by molar-refractivity contribution is 0.112. The first-order chi connectivity index (χ1) is 13.7. The number of hydrogen-bond donors (Lipinski definition) is 0. The predicted octanol–water partition coefficient (Wildman–Crippen LogP) is 3.57. The van der Waals surface area contributed by atoms with Crippen molar-refractivity contribution in [3.05, 3.63) is 48.0 Å². The first kappa shape index (κ1) is 18.3. The Morgan fingerprint density at radius 1 is 1.04 bits per heavy atom. The summed E-state index contributed by atoms with van der Waals surface area (Å²) in [5, 5.41) is 0.838. The molecule has 28 heavy (non-hydrogen) atoms. The number of rotatable bonds is 5. The Bertz CT molecular complexity index is 1010. The summed E-state index contributed by atoms with van der Waals surface area (Å²) in [6.07, 6.45) is 0.878. The second kappa shape index (κ2) is 7.86. The average Bonchev–Trinajstić information content (AvgIpc) is 2.78. The summed E-state index contributed by atoms with van der Waals surface area (Å²) < 4.78 is 16.2. The van der Waals surface area contributed by atoms with Gasteiger partial charge in [0.05, 0.1) is 38.6 Å². The van der Waals surface area contributed by atoms with E-state index >= 15 is 0 Å². The number of morpholine rings is 1. The zero-order valence-electron chi connectivity index (χ0n) is 16.0. The van der Waals surface area contributed by atoms with E-state index in [2.05, 4.69) is 4.90 Å². The quantitative estimate of drug-likeness (QED) is 0.633. The van der Waals surface area contributed by atoms with Gasteiger partial charge < -0.3 is 19.1 Å². The molecule has 0 radical (unpaired) electrons. The van der Waals surface area contributed by atoms with E-state index in [0.29, 0.717) is 36.0 Å². The third-order valence-corrected chi connectivity index (χ3v) is 5.01. The van der Waals surface area contributed by atoms with E-state index < -0.39 is 0 Å². The fraction of sp³-hybridized carbons (Fsp3) is 0.273. The number of hydrogen-bond acceptors (Lipinski definition) is 6. The summed E-state index contributed by atoms with van der Waals surface area (Å²) in [7, 11) is 3.23. The van der Waals surface area contributed by atoms with E-state index in [1.165, 1.54) is 0 Å². The molecule has 1 aliphatic heterocycles. The normalized spacial score (nSPS) is 14.1. The number of benzene rings is 2. The van der Waals surface area contributed by atoms with Crippen molar-refractivity contribution in [3.8, 4) is 22.8 Å².